The largest absolute Gasteiger partial charge is 0.313 e. The topological polar surface area (TPSA) is 28.2 Å². The van der Waals surface area contributed by atoms with E-state index in [2.05, 4.69) is 55.2 Å². The molecule has 0 spiro atoms. The summed E-state index contributed by atoms with van der Waals surface area (Å²) in [7, 11) is 2.20. The van der Waals surface area contributed by atoms with Crippen molar-refractivity contribution in [1.82, 2.24) is 15.2 Å². The molecule has 1 aromatic heterocycles. The van der Waals surface area contributed by atoms with Crippen molar-refractivity contribution in [2.24, 2.45) is 5.92 Å². The predicted octanol–water partition coefficient (Wildman–Crippen LogP) is 2.58. The maximum absolute atomic E-state index is 4.38. The Balaban J connectivity index is 2.37. The molecule has 0 fully saturated rings. The fraction of sp³-hybridized carbons (Fsp3) is 0.688. The van der Waals surface area contributed by atoms with Crippen molar-refractivity contribution in [3.8, 4) is 0 Å². The summed E-state index contributed by atoms with van der Waals surface area (Å²) < 4.78 is 0. The van der Waals surface area contributed by atoms with Crippen molar-refractivity contribution in [3.05, 3.63) is 30.1 Å². The minimum atomic E-state index is 0.587. The second-order valence-electron chi connectivity index (χ2n) is 5.38. The van der Waals surface area contributed by atoms with E-state index in [1.807, 2.05) is 12.3 Å². The summed E-state index contributed by atoms with van der Waals surface area (Å²) in [5, 5.41) is 3.61. The van der Waals surface area contributed by atoms with Crippen LogP contribution in [0.4, 0.5) is 0 Å². The van der Waals surface area contributed by atoms with Crippen LogP contribution in [0, 0.1) is 5.92 Å². The Hall–Kier alpha value is -0.930. The smallest absolute Gasteiger partial charge is 0.0416 e. The molecule has 0 aromatic carbocycles. The Bertz CT molecular complexity index is 326. The zero-order valence-electron chi connectivity index (χ0n) is 12.9. The van der Waals surface area contributed by atoms with Crippen LogP contribution in [0.5, 0.6) is 0 Å². The van der Waals surface area contributed by atoms with E-state index in [4.69, 9.17) is 0 Å². The van der Waals surface area contributed by atoms with Crippen LogP contribution in [0.2, 0.25) is 0 Å². The normalized spacial score (nSPS) is 14.6. The fourth-order valence-corrected chi connectivity index (χ4v) is 2.27. The maximum atomic E-state index is 4.38. The van der Waals surface area contributed by atoms with Gasteiger partial charge in [0.15, 0.2) is 0 Å². The van der Waals surface area contributed by atoms with E-state index in [9.17, 15) is 0 Å². The first-order valence-corrected chi connectivity index (χ1v) is 7.49. The lowest BCUT2D eigenvalue weighted by atomic mass is 9.98. The highest BCUT2D eigenvalue weighted by Crippen LogP contribution is 2.09. The van der Waals surface area contributed by atoms with Gasteiger partial charge in [0.1, 0.15) is 0 Å². The molecule has 108 valence electrons. The molecule has 1 heterocycles. The SMILES string of the molecule is CCNC(CN(C)CCc1ccccn1)C(C)CC. The van der Waals surface area contributed by atoms with Gasteiger partial charge in [0.2, 0.25) is 0 Å². The molecule has 3 heteroatoms. The first-order chi connectivity index (χ1) is 9.17. The van der Waals surface area contributed by atoms with Gasteiger partial charge in [0.05, 0.1) is 0 Å². The first-order valence-electron chi connectivity index (χ1n) is 7.49. The second-order valence-corrected chi connectivity index (χ2v) is 5.38. The molecule has 0 aliphatic rings. The lowest BCUT2D eigenvalue weighted by molar-refractivity contribution is 0.247. The lowest BCUT2D eigenvalue weighted by Gasteiger charge is -2.28. The standard InChI is InChI=1S/C16H29N3/c1-5-14(3)16(17-6-2)13-19(4)12-10-15-9-7-8-11-18-15/h7-9,11,14,16-17H,5-6,10,12-13H2,1-4H3. The Morgan fingerprint density at radius 2 is 2.11 bits per heavy atom. The summed E-state index contributed by atoms with van der Waals surface area (Å²) in [6.45, 7) is 10.0. The molecular weight excluding hydrogens is 234 g/mol. The highest BCUT2D eigenvalue weighted by Gasteiger charge is 2.16. The van der Waals surface area contributed by atoms with E-state index in [-0.39, 0.29) is 0 Å². The van der Waals surface area contributed by atoms with Gasteiger partial charge in [-0.1, -0.05) is 33.3 Å². The van der Waals surface area contributed by atoms with Gasteiger partial charge in [0, 0.05) is 37.4 Å². The summed E-state index contributed by atoms with van der Waals surface area (Å²) in [4.78, 5) is 6.79. The molecule has 0 amide bonds. The zero-order chi connectivity index (χ0) is 14.1. The van der Waals surface area contributed by atoms with E-state index >= 15 is 0 Å². The highest BCUT2D eigenvalue weighted by atomic mass is 15.1. The quantitative estimate of drug-likeness (QED) is 0.742. The minimum Gasteiger partial charge on any atom is -0.313 e. The molecule has 3 nitrogen and oxygen atoms in total. The molecule has 0 saturated heterocycles. The highest BCUT2D eigenvalue weighted by molar-refractivity contribution is 5.03. The molecular formula is C16H29N3. The summed E-state index contributed by atoms with van der Waals surface area (Å²) in [5.74, 6) is 0.720. The van der Waals surface area contributed by atoms with Crippen LogP contribution in [0.25, 0.3) is 0 Å². The molecule has 19 heavy (non-hydrogen) atoms. The van der Waals surface area contributed by atoms with Gasteiger partial charge in [-0.15, -0.1) is 0 Å². The third kappa shape index (κ3) is 6.17. The summed E-state index contributed by atoms with van der Waals surface area (Å²) in [6.07, 6.45) is 4.12. The molecule has 1 aromatic rings. The van der Waals surface area contributed by atoms with Crippen molar-refractivity contribution in [2.75, 3.05) is 26.7 Å². The Morgan fingerprint density at radius 3 is 2.68 bits per heavy atom. The number of likely N-dealkylation sites (N-methyl/N-ethyl adjacent to an activating group) is 2. The average Bonchev–Trinajstić information content (AvgIpc) is 2.45. The average molecular weight is 263 g/mol. The Kier molecular flexibility index (Phi) is 7.68. The lowest BCUT2D eigenvalue weighted by Crippen LogP contribution is -2.44. The predicted molar refractivity (Wildman–Crippen MR) is 82.4 cm³/mol. The van der Waals surface area contributed by atoms with E-state index in [0.29, 0.717) is 6.04 Å². The number of rotatable bonds is 9. The number of nitrogens with zero attached hydrogens (tertiary/aromatic N) is 2. The number of aromatic nitrogens is 1. The molecule has 0 aliphatic heterocycles. The summed E-state index contributed by atoms with van der Waals surface area (Å²) >= 11 is 0. The van der Waals surface area contributed by atoms with Crippen LogP contribution in [0.3, 0.4) is 0 Å². The molecule has 1 rings (SSSR count). The number of hydrogen-bond donors (Lipinski definition) is 1. The van der Waals surface area contributed by atoms with Crippen LogP contribution in [-0.4, -0.2) is 42.6 Å². The van der Waals surface area contributed by atoms with Gasteiger partial charge in [-0.25, -0.2) is 0 Å². The van der Waals surface area contributed by atoms with Crippen molar-refractivity contribution >= 4 is 0 Å². The van der Waals surface area contributed by atoms with Crippen molar-refractivity contribution in [2.45, 2.75) is 39.7 Å². The third-order valence-corrected chi connectivity index (χ3v) is 3.78. The van der Waals surface area contributed by atoms with E-state index < -0.39 is 0 Å². The molecule has 0 aliphatic carbocycles. The molecule has 0 radical (unpaired) electrons. The number of pyridine rings is 1. The van der Waals surface area contributed by atoms with Crippen molar-refractivity contribution in [1.29, 1.82) is 0 Å². The van der Waals surface area contributed by atoms with Gasteiger partial charge >= 0.3 is 0 Å². The Morgan fingerprint density at radius 1 is 1.32 bits per heavy atom. The molecule has 2 atom stereocenters. The van der Waals surface area contributed by atoms with E-state index in [1.54, 1.807) is 0 Å². The summed E-state index contributed by atoms with van der Waals surface area (Å²) in [5.41, 5.74) is 1.18. The molecule has 0 saturated carbocycles. The second kappa shape index (κ2) is 9.05. The van der Waals surface area contributed by atoms with Gasteiger partial charge in [-0.2, -0.15) is 0 Å². The fourth-order valence-electron chi connectivity index (χ4n) is 2.27. The van der Waals surface area contributed by atoms with Crippen LogP contribution >= 0.6 is 0 Å². The number of hydrogen-bond acceptors (Lipinski definition) is 3. The van der Waals surface area contributed by atoms with Gasteiger partial charge in [0.25, 0.3) is 0 Å². The Labute approximate surface area is 118 Å². The summed E-state index contributed by atoms with van der Waals surface area (Å²) in [6, 6.07) is 6.72. The monoisotopic (exact) mass is 263 g/mol. The maximum Gasteiger partial charge on any atom is 0.0416 e. The third-order valence-electron chi connectivity index (χ3n) is 3.78. The molecule has 0 bridgehead atoms. The first kappa shape index (κ1) is 16.1. The van der Waals surface area contributed by atoms with Gasteiger partial charge in [-0.05, 0) is 31.6 Å². The van der Waals surface area contributed by atoms with Gasteiger partial charge in [-0.3, -0.25) is 4.98 Å². The van der Waals surface area contributed by atoms with Crippen molar-refractivity contribution in [3.63, 3.8) is 0 Å². The molecule has 1 N–H and O–H groups in total. The zero-order valence-corrected chi connectivity index (χ0v) is 12.9. The molecule has 2 unspecified atom stereocenters. The van der Waals surface area contributed by atoms with Crippen LogP contribution in [0.15, 0.2) is 24.4 Å². The van der Waals surface area contributed by atoms with Crippen LogP contribution < -0.4 is 5.32 Å². The van der Waals surface area contributed by atoms with Crippen LogP contribution in [-0.2, 0) is 6.42 Å². The van der Waals surface area contributed by atoms with E-state index in [0.717, 1.165) is 32.0 Å². The van der Waals surface area contributed by atoms with Gasteiger partial charge < -0.3 is 10.2 Å². The minimum absolute atomic E-state index is 0.587. The van der Waals surface area contributed by atoms with Crippen LogP contribution in [0.1, 0.15) is 32.9 Å². The number of nitrogens with one attached hydrogen (secondary N) is 1. The van der Waals surface area contributed by atoms with Crippen molar-refractivity contribution < 1.29 is 0 Å². The van der Waals surface area contributed by atoms with E-state index in [1.165, 1.54) is 12.1 Å².